The van der Waals surface area contributed by atoms with Crippen LogP contribution in [-0.4, -0.2) is 27.1 Å². The highest BCUT2D eigenvalue weighted by molar-refractivity contribution is 6.07. The predicted octanol–water partition coefficient (Wildman–Crippen LogP) is 4.82. The van der Waals surface area contributed by atoms with Crippen molar-refractivity contribution in [1.82, 2.24) is 0 Å². The van der Waals surface area contributed by atoms with Gasteiger partial charge in [-0.1, -0.05) is 24.3 Å². The van der Waals surface area contributed by atoms with E-state index in [2.05, 4.69) is 0 Å². The molecule has 0 aromatic heterocycles. The van der Waals surface area contributed by atoms with Gasteiger partial charge in [0.1, 0.15) is 17.2 Å². The molecule has 28 heavy (non-hydrogen) atoms. The van der Waals surface area contributed by atoms with Crippen LogP contribution in [0.2, 0.25) is 0 Å². The van der Waals surface area contributed by atoms with Gasteiger partial charge in [0.15, 0.2) is 5.78 Å². The summed E-state index contributed by atoms with van der Waals surface area (Å²) in [6.45, 7) is 0. The van der Waals surface area contributed by atoms with Gasteiger partial charge in [-0.25, -0.2) is 0 Å². The van der Waals surface area contributed by atoms with E-state index in [1.165, 1.54) is 0 Å². The highest BCUT2D eigenvalue weighted by atomic mass is 16.5. The monoisotopic (exact) mass is 374 g/mol. The van der Waals surface area contributed by atoms with Crippen molar-refractivity contribution in [2.24, 2.45) is 0 Å². The zero-order chi connectivity index (χ0) is 19.7. The first kappa shape index (κ1) is 18.1. The molecule has 0 amide bonds. The summed E-state index contributed by atoms with van der Waals surface area (Å²) in [4.78, 5) is 13.4. The minimum atomic E-state index is -0.290. The number of methoxy groups -OCH3 is 3. The van der Waals surface area contributed by atoms with Gasteiger partial charge in [-0.2, -0.15) is 0 Å². The molecule has 1 aliphatic rings. The molecular formula is C24H22O4. The number of Topliss-reactive ketones (excluding diaryl/α,β-unsaturated/α-hetero) is 1. The summed E-state index contributed by atoms with van der Waals surface area (Å²) in [7, 11) is 4.92. The number of ether oxygens (including phenoxy) is 3. The number of hydrogen-bond donors (Lipinski definition) is 0. The van der Waals surface area contributed by atoms with Crippen LogP contribution in [0.1, 0.15) is 38.9 Å². The van der Waals surface area contributed by atoms with Gasteiger partial charge in [-0.05, 0) is 59.2 Å². The summed E-state index contributed by atoms with van der Waals surface area (Å²) in [5.41, 5.74) is 3.79. The van der Waals surface area contributed by atoms with Crippen molar-refractivity contribution in [3.05, 3.63) is 89.0 Å². The summed E-state index contributed by atoms with van der Waals surface area (Å²) < 4.78 is 16.0. The maximum atomic E-state index is 13.4. The van der Waals surface area contributed by atoms with E-state index in [1.54, 1.807) is 21.3 Å². The molecular weight excluding hydrogens is 352 g/mol. The van der Waals surface area contributed by atoms with E-state index in [1.807, 2.05) is 66.7 Å². The fraction of sp³-hybridized carbons (Fsp3) is 0.208. The fourth-order valence-corrected chi connectivity index (χ4v) is 3.99. The Balaban J connectivity index is 1.85. The van der Waals surface area contributed by atoms with E-state index in [-0.39, 0.29) is 17.6 Å². The minimum Gasteiger partial charge on any atom is -0.497 e. The van der Waals surface area contributed by atoms with Gasteiger partial charge in [0.25, 0.3) is 0 Å². The van der Waals surface area contributed by atoms with Gasteiger partial charge in [0.05, 0.1) is 27.2 Å². The van der Waals surface area contributed by atoms with E-state index in [4.69, 9.17) is 14.2 Å². The number of fused-ring (bicyclic) bond motifs is 1. The molecule has 4 heteroatoms. The Bertz CT molecular complexity index is 990. The molecule has 3 aromatic carbocycles. The van der Waals surface area contributed by atoms with Crippen LogP contribution in [0.3, 0.4) is 0 Å². The van der Waals surface area contributed by atoms with Crippen molar-refractivity contribution in [3.8, 4) is 17.2 Å². The van der Waals surface area contributed by atoms with Crippen molar-refractivity contribution >= 4 is 5.78 Å². The molecule has 0 radical (unpaired) electrons. The van der Waals surface area contributed by atoms with Crippen LogP contribution in [0, 0.1) is 0 Å². The first-order valence-corrected chi connectivity index (χ1v) is 9.16. The van der Waals surface area contributed by atoms with Crippen molar-refractivity contribution in [3.63, 3.8) is 0 Å². The largest absolute Gasteiger partial charge is 0.497 e. The lowest BCUT2D eigenvalue weighted by Crippen LogP contribution is -2.13. The number of ketones is 1. The summed E-state index contributed by atoms with van der Waals surface area (Å²) >= 11 is 0. The van der Waals surface area contributed by atoms with Crippen LogP contribution in [0.25, 0.3) is 0 Å². The second kappa shape index (κ2) is 7.39. The van der Waals surface area contributed by atoms with E-state index in [0.717, 1.165) is 39.5 Å². The third kappa shape index (κ3) is 3.01. The zero-order valence-electron chi connectivity index (χ0n) is 16.1. The fourth-order valence-electron chi connectivity index (χ4n) is 3.99. The lowest BCUT2D eigenvalue weighted by molar-refractivity contribution is 0.0968. The highest BCUT2D eigenvalue weighted by Crippen LogP contribution is 2.49. The van der Waals surface area contributed by atoms with E-state index in [0.29, 0.717) is 0 Å². The van der Waals surface area contributed by atoms with E-state index >= 15 is 0 Å². The van der Waals surface area contributed by atoms with Gasteiger partial charge < -0.3 is 14.2 Å². The Morgan fingerprint density at radius 1 is 0.607 bits per heavy atom. The third-order valence-corrected chi connectivity index (χ3v) is 5.42. The minimum absolute atomic E-state index is 0.0862. The molecule has 0 N–H and O–H groups in total. The lowest BCUT2D eigenvalue weighted by Gasteiger charge is -2.21. The Hall–Kier alpha value is -3.27. The number of carbonyl (C=O) groups is 1. The Morgan fingerprint density at radius 2 is 1.07 bits per heavy atom. The second-order valence-corrected chi connectivity index (χ2v) is 6.82. The average molecular weight is 374 g/mol. The SMILES string of the molecule is COc1ccc([C@@H]2c3cc(OC)ccc3C(=O)[C@H]2c2ccc(OC)cc2)cc1. The van der Waals surface area contributed by atoms with Crippen LogP contribution < -0.4 is 14.2 Å². The van der Waals surface area contributed by atoms with Crippen LogP contribution in [0.15, 0.2) is 66.7 Å². The molecule has 0 bridgehead atoms. The summed E-state index contributed by atoms with van der Waals surface area (Å²) in [5.74, 6) is 2.07. The molecule has 4 rings (SSSR count). The molecule has 0 fully saturated rings. The molecule has 0 aliphatic heterocycles. The van der Waals surface area contributed by atoms with Crippen molar-refractivity contribution in [2.45, 2.75) is 11.8 Å². The van der Waals surface area contributed by atoms with Crippen LogP contribution >= 0.6 is 0 Å². The van der Waals surface area contributed by atoms with Crippen LogP contribution in [0.5, 0.6) is 17.2 Å². The standard InChI is InChI=1S/C24H22O4/c1-26-17-8-4-15(5-9-17)22-21-14-19(28-3)12-13-20(21)24(25)23(22)16-6-10-18(27-2)11-7-16/h4-14,22-23H,1-3H3/t22-,23+/m1/s1. The molecule has 0 unspecified atom stereocenters. The van der Waals surface area contributed by atoms with Crippen LogP contribution in [-0.2, 0) is 0 Å². The Kier molecular flexibility index (Phi) is 4.78. The van der Waals surface area contributed by atoms with Crippen molar-refractivity contribution in [2.75, 3.05) is 21.3 Å². The molecule has 0 heterocycles. The summed E-state index contributed by atoms with van der Waals surface area (Å²) in [6, 6.07) is 21.4. The van der Waals surface area contributed by atoms with Gasteiger partial charge in [-0.15, -0.1) is 0 Å². The second-order valence-electron chi connectivity index (χ2n) is 6.82. The average Bonchev–Trinajstić information content (AvgIpc) is 3.05. The maximum Gasteiger partial charge on any atom is 0.171 e. The van der Waals surface area contributed by atoms with Gasteiger partial charge >= 0.3 is 0 Å². The topological polar surface area (TPSA) is 44.8 Å². The van der Waals surface area contributed by atoms with Crippen molar-refractivity contribution < 1.29 is 19.0 Å². The molecule has 1 aliphatic carbocycles. The van der Waals surface area contributed by atoms with Crippen LogP contribution in [0.4, 0.5) is 0 Å². The number of rotatable bonds is 5. The number of carbonyl (C=O) groups excluding carboxylic acids is 1. The van der Waals surface area contributed by atoms with E-state index < -0.39 is 0 Å². The molecule has 2 atom stereocenters. The predicted molar refractivity (Wildman–Crippen MR) is 108 cm³/mol. The maximum absolute atomic E-state index is 13.4. The van der Waals surface area contributed by atoms with Gasteiger partial charge in [0, 0.05) is 11.5 Å². The first-order valence-electron chi connectivity index (χ1n) is 9.16. The lowest BCUT2D eigenvalue weighted by atomic mass is 9.81. The highest BCUT2D eigenvalue weighted by Gasteiger charge is 2.41. The molecule has 0 spiro atoms. The molecule has 0 saturated heterocycles. The van der Waals surface area contributed by atoms with E-state index in [9.17, 15) is 4.79 Å². The number of benzene rings is 3. The molecule has 4 nitrogen and oxygen atoms in total. The summed E-state index contributed by atoms with van der Waals surface area (Å²) in [5, 5.41) is 0. The van der Waals surface area contributed by atoms with Gasteiger partial charge in [0.2, 0.25) is 0 Å². The zero-order valence-corrected chi connectivity index (χ0v) is 16.1. The Labute approximate surface area is 164 Å². The third-order valence-electron chi connectivity index (χ3n) is 5.42. The van der Waals surface area contributed by atoms with Crippen molar-refractivity contribution in [1.29, 1.82) is 0 Å². The first-order chi connectivity index (χ1) is 13.7. The molecule has 0 saturated carbocycles. The quantitative estimate of drug-likeness (QED) is 0.642. The Morgan fingerprint density at radius 3 is 1.57 bits per heavy atom. The van der Waals surface area contributed by atoms with Gasteiger partial charge in [-0.3, -0.25) is 4.79 Å². The normalized spacial score (nSPS) is 17.9. The smallest absolute Gasteiger partial charge is 0.171 e. The molecule has 3 aromatic rings. The summed E-state index contributed by atoms with van der Waals surface area (Å²) in [6.07, 6.45) is 0. The number of hydrogen-bond acceptors (Lipinski definition) is 4. The molecule has 142 valence electrons.